The molecule has 3 rings (SSSR count). The molecule has 1 atom stereocenters. The van der Waals surface area contributed by atoms with E-state index in [1.165, 1.54) is 11.8 Å². The Labute approximate surface area is 205 Å². The van der Waals surface area contributed by atoms with Crippen LogP contribution in [-0.4, -0.2) is 22.9 Å². The molecule has 0 saturated carbocycles. The lowest BCUT2D eigenvalue weighted by molar-refractivity contribution is -0.138. The Morgan fingerprint density at radius 3 is 2.33 bits per heavy atom. The minimum atomic E-state index is -1.04. The smallest absolute Gasteiger partial charge is 0.303 e. The number of halogens is 2. The van der Waals surface area contributed by atoms with Gasteiger partial charge in [0, 0.05) is 17.0 Å². The van der Waals surface area contributed by atoms with E-state index in [9.17, 15) is 14.4 Å². The molecule has 0 bridgehead atoms. The Morgan fingerprint density at radius 2 is 1.61 bits per heavy atom. The maximum Gasteiger partial charge on any atom is 0.303 e. The average Bonchev–Trinajstić information content (AvgIpc) is 2.80. The number of rotatable bonds is 9. The van der Waals surface area contributed by atoms with Crippen LogP contribution in [-0.2, 0) is 14.4 Å². The third-order valence-corrected chi connectivity index (χ3v) is 6.55. The Balaban J connectivity index is 1.80. The molecule has 9 heteroatoms. The number of aliphatic carboxylic acids is 1. The monoisotopic (exact) mass is 502 g/mol. The van der Waals surface area contributed by atoms with Crippen molar-refractivity contribution in [1.29, 1.82) is 0 Å². The minimum absolute atomic E-state index is 0.123. The van der Waals surface area contributed by atoms with Gasteiger partial charge in [0.15, 0.2) is 0 Å². The zero-order valence-corrected chi connectivity index (χ0v) is 19.6. The number of nitrogens with one attached hydrogen (secondary N) is 2. The van der Waals surface area contributed by atoms with Gasteiger partial charge in [-0.05, 0) is 35.9 Å². The first kappa shape index (κ1) is 24.6. The fraction of sp³-hybridized carbons (Fsp3) is 0.125. The summed E-state index contributed by atoms with van der Waals surface area (Å²) >= 11 is 13.6. The summed E-state index contributed by atoms with van der Waals surface area (Å²) in [6.07, 6.45) is -0.370. The molecule has 0 aliphatic rings. The van der Waals surface area contributed by atoms with Crippen molar-refractivity contribution in [3.05, 3.63) is 88.4 Å². The van der Waals surface area contributed by atoms with Gasteiger partial charge in [-0.15, -0.1) is 11.8 Å². The lowest BCUT2D eigenvalue weighted by atomic mass is 10.1. The van der Waals surface area contributed by atoms with Crippen LogP contribution in [0, 0.1) is 0 Å². The number of carboxylic acids is 1. The first-order valence-corrected chi connectivity index (χ1v) is 11.5. The number of hydrogen-bond acceptors (Lipinski definition) is 4. The number of amides is 2. The molecule has 3 aromatic rings. The zero-order chi connectivity index (χ0) is 23.8. The van der Waals surface area contributed by atoms with Gasteiger partial charge in [0.05, 0.1) is 22.2 Å². The van der Waals surface area contributed by atoms with Gasteiger partial charge in [-0.2, -0.15) is 0 Å². The van der Waals surface area contributed by atoms with Crippen molar-refractivity contribution in [3.8, 4) is 0 Å². The molecule has 2 amide bonds. The maximum atomic E-state index is 13.2. The summed E-state index contributed by atoms with van der Waals surface area (Å²) in [5, 5.41) is 14.2. The van der Waals surface area contributed by atoms with Gasteiger partial charge in [0.2, 0.25) is 11.8 Å². The van der Waals surface area contributed by atoms with Crippen molar-refractivity contribution in [3.63, 3.8) is 0 Å². The standard InChI is InChI=1S/C24H20Cl2N2O4S/c25-18-10-5-11-19(22(18)26)28-24(32)23(15-6-2-1-3-7-15)33-17-9-4-8-16(14-17)27-20(29)12-13-21(30)31/h1-11,14,23H,12-13H2,(H,27,29)(H,28,32)(H,30,31). The van der Waals surface area contributed by atoms with E-state index >= 15 is 0 Å². The van der Waals surface area contributed by atoms with Gasteiger partial charge in [0.25, 0.3) is 0 Å². The van der Waals surface area contributed by atoms with Gasteiger partial charge < -0.3 is 15.7 Å². The third kappa shape index (κ3) is 7.25. The van der Waals surface area contributed by atoms with Crippen LogP contribution in [0.15, 0.2) is 77.7 Å². The summed E-state index contributed by atoms with van der Waals surface area (Å²) in [5.74, 6) is -1.72. The van der Waals surface area contributed by atoms with E-state index in [2.05, 4.69) is 10.6 Å². The number of thioether (sulfide) groups is 1. The molecule has 0 aliphatic heterocycles. The number of carboxylic acid groups (broad SMARTS) is 1. The van der Waals surface area contributed by atoms with Crippen LogP contribution in [0.25, 0.3) is 0 Å². The predicted octanol–water partition coefficient (Wildman–Crippen LogP) is 6.27. The Morgan fingerprint density at radius 1 is 0.879 bits per heavy atom. The molecular formula is C24H20Cl2N2O4S. The first-order chi connectivity index (χ1) is 15.8. The summed E-state index contributed by atoms with van der Waals surface area (Å²) in [5.41, 5.74) is 1.71. The predicted molar refractivity (Wildman–Crippen MR) is 132 cm³/mol. The van der Waals surface area contributed by atoms with Crippen LogP contribution in [0.2, 0.25) is 10.0 Å². The number of anilines is 2. The second-order valence-electron chi connectivity index (χ2n) is 6.97. The topological polar surface area (TPSA) is 95.5 Å². The molecule has 0 aromatic heterocycles. The highest BCUT2D eigenvalue weighted by atomic mass is 35.5. The van der Waals surface area contributed by atoms with Gasteiger partial charge in [0.1, 0.15) is 5.25 Å². The van der Waals surface area contributed by atoms with Gasteiger partial charge in [-0.1, -0.05) is 65.7 Å². The fourth-order valence-electron chi connectivity index (χ4n) is 2.93. The second kappa shape index (κ2) is 11.7. The highest BCUT2D eigenvalue weighted by molar-refractivity contribution is 8.00. The van der Waals surface area contributed by atoms with E-state index in [1.54, 1.807) is 36.4 Å². The van der Waals surface area contributed by atoms with Crippen LogP contribution < -0.4 is 10.6 Å². The molecule has 1 unspecified atom stereocenters. The van der Waals surface area contributed by atoms with Crippen molar-refractivity contribution in [2.24, 2.45) is 0 Å². The van der Waals surface area contributed by atoms with E-state index < -0.39 is 17.1 Å². The Kier molecular flexibility index (Phi) is 8.77. The maximum absolute atomic E-state index is 13.2. The van der Waals surface area contributed by atoms with Crippen LogP contribution >= 0.6 is 35.0 Å². The van der Waals surface area contributed by atoms with Crippen molar-refractivity contribution in [1.82, 2.24) is 0 Å². The SMILES string of the molecule is O=C(O)CCC(=O)Nc1cccc(SC(C(=O)Nc2cccc(Cl)c2Cl)c2ccccc2)c1. The lowest BCUT2D eigenvalue weighted by Crippen LogP contribution is -2.19. The van der Waals surface area contributed by atoms with Crippen molar-refractivity contribution in [2.75, 3.05) is 10.6 Å². The largest absolute Gasteiger partial charge is 0.481 e. The van der Waals surface area contributed by atoms with Crippen molar-refractivity contribution >= 4 is 64.1 Å². The summed E-state index contributed by atoms with van der Waals surface area (Å²) in [7, 11) is 0. The zero-order valence-electron chi connectivity index (χ0n) is 17.3. The molecule has 0 saturated heterocycles. The summed E-state index contributed by atoms with van der Waals surface area (Å²) in [4.78, 5) is 36.6. The Bertz CT molecular complexity index is 1160. The molecule has 170 valence electrons. The van der Waals surface area contributed by atoms with Crippen LogP contribution in [0.3, 0.4) is 0 Å². The number of carbonyl (C=O) groups excluding carboxylic acids is 2. The highest BCUT2D eigenvalue weighted by Gasteiger charge is 2.23. The van der Waals surface area contributed by atoms with Gasteiger partial charge >= 0.3 is 5.97 Å². The molecule has 0 heterocycles. The van der Waals surface area contributed by atoms with E-state index in [0.29, 0.717) is 16.4 Å². The average molecular weight is 503 g/mol. The summed E-state index contributed by atoms with van der Waals surface area (Å²) in [6.45, 7) is 0. The molecule has 0 fully saturated rings. The number of benzene rings is 3. The molecule has 0 radical (unpaired) electrons. The molecular weight excluding hydrogens is 483 g/mol. The van der Waals surface area contributed by atoms with Gasteiger partial charge in [-0.25, -0.2) is 0 Å². The molecule has 33 heavy (non-hydrogen) atoms. The van der Waals surface area contributed by atoms with Crippen LogP contribution in [0.1, 0.15) is 23.7 Å². The molecule has 0 aliphatic carbocycles. The van der Waals surface area contributed by atoms with Crippen molar-refractivity contribution in [2.45, 2.75) is 23.0 Å². The third-order valence-electron chi connectivity index (χ3n) is 4.49. The van der Waals surface area contributed by atoms with E-state index in [0.717, 1.165) is 10.5 Å². The van der Waals surface area contributed by atoms with Crippen LogP contribution in [0.5, 0.6) is 0 Å². The molecule has 6 nitrogen and oxygen atoms in total. The fourth-order valence-corrected chi connectivity index (χ4v) is 4.36. The lowest BCUT2D eigenvalue weighted by Gasteiger charge is -2.18. The Hall–Kier alpha value is -3.00. The van der Waals surface area contributed by atoms with Crippen LogP contribution in [0.4, 0.5) is 11.4 Å². The summed E-state index contributed by atoms with van der Waals surface area (Å²) in [6, 6.07) is 21.3. The highest BCUT2D eigenvalue weighted by Crippen LogP contribution is 2.38. The van der Waals surface area contributed by atoms with Crippen molar-refractivity contribution < 1.29 is 19.5 Å². The number of hydrogen-bond donors (Lipinski definition) is 3. The summed E-state index contributed by atoms with van der Waals surface area (Å²) < 4.78 is 0. The molecule has 0 spiro atoms. The van der Waals surface area contributed by atoms with E-state index in [-0.39, 0.29) is 23.8 Å². The molecule has 3 N–H and O–H groups in total. The first-order valence-electron chi connectivity index (χ1n) is 9.91. The molecule has 3 aromatic carbocycles. The minimum Gasteiger partial charge on any atom is -0.481 e. The number of carbonyl (C=O) groups is 3. The normalized spacial score (nSPS) is 11.5. The van der Waals surface area contributed by atoms with Gasteiger partial charge in [-0.3, -0.25) is 14.4 Å². The van der Waals surface area contributed by atoms with E-state index in [4.69, 9.17) is 28.3 Å². The second-order valence-corrected chi connectivity index (χ2v) is 8.93. The quantitative estimate of drug-likeness (QED) is 0.299. The van der Waals surface area contributed by atoms with E-state index in [1.807, 2.05) is 36.4 Å².